The standard InChI is InChI=1S/C14H17N3O2/c1-19-11-4-5-13-12(7-11)14(18)17(9-16-13)8-10-3-2-6-15-10/h4-5,7,9-10,15H,2-3,6,8H2,1H3. The predicted molar refractivity (Wildman–Crippen MR) is 73.6 cm³/mol. The smallest absolute Gasteiger partial charge is 0.261 e. The molecule has 2 aromatic rings. The van der Waals surface area contributed by atoms with Crippen molar-refractivity contribution in [2.75, 3.05) is 13.7 Å². The second-order valence-corrected chi connectivity index (χ2v) is 4.88. The predicted octanol–water partition coefficient (Wildman–Crippen LogP) is 1.16. The fraction of sp³-hybridized carbons (Fsp3) is 0.429. The number of nitrogens with one attached hydrogen (secondary N) is 1. The highest BCUT2D eigenvalue weighted by atomic mass is 16.5. The van der Waals surface area contributed by atoms with Gasteiger partial charge >= 0.3 is 0 Å². The highest BCUT2D eigenvalue weighted by Gasteiger charge is 2.15. The highest BCUT2D eigenvalue weighted by molar-refractivity contribution is 5.78. The quantitative estimate of drug-likeness (QED) is 0.898. The largest absolute Gasteiger partial charge is 0.497 e. The number of benzene rings is 1. The Morgan fingerprint density at radius 1 is 1.53 bits per heavy atom. The van der Waals surface area contributed by atoms with Crippen molar-refractivity contribution in [3.05, 3.63) is 34.9 Å². The van der Waals surface area contributed by atoms with Crippen molar-refractivity contribution in [2.24, 2.45) is 0 Å². The number of rotatable bonds is 3. The van der Waals surface area contributed by atoms with Crippen LogP contribution in [0.4, 0.5) is 0 Å². The summed E-state index contributed by atoms with van der Waals surface area (Å²) in [5.41, 5.74) is 0.707. The molecule has 1 aliphatic heterocycles. The van der Waals surface area contributed by atoms with Gasteiger partial charge < -0.3 is 10.1 Å². The fourth-order valence-electron chi connectivity index (χ4n) is 2.55. The molecule has 19 heavy (non-hydrogen) atoms. The second-order valence-electron chi connectivity index (χ2n) is 4.88. The molecule has 0 bridgehead atoms. The van der Waals surface area contributed by atoms with Crippen LogP contribution in [-0.2, 0) is 6.54 Å². The van der Waals surface area contributed by atoms with Gasteiger partial charge in [-0.3, -0.25) is 9.36 Å². The first-order chi connectivity index (χ1) is 9.28. The molecule has 1 aromatic carbocycles. The van der Waals surface area contributed by atoms with E-state index in [9.17, 15) is 4.79 Å². The van der Waals surface area contributed by atoms with Gasteiger partial charge in [0.1, 0.15) is 5.75 Å². The first kappa shape index (κ1) is 12.2. The number of hydrogen-bond donors (Lipinski definition) is 1. The monoisotopic (exact) mass is 259 g/mol. The van der Waals surface area contributed by atoms with Crippen LogP contribution < -0.4 is 15.6 Å². The Morgan fingerprint density at radius 2 is 2.42 bits per heavy atom. The molecular weight excluding hydrogens is 242 g/mol. The summed E-state index contributed by atoms with van der Waals surface area (Å²) in [6.45, 7) is 1.72. The fourth-order valence-corrected chi connectivity index (χ4v) is 2.55. The van der Waals surface area contributed by atoms with E-state index >= 15 is 0 Å². The van der Waals surface area contributed by atoms with Gasteiger partial charge in [-0.05, 0) is 37.6 Å². The number of hydrogen-bond acceptors (Lipinski definition) is 4. The highest BCUT2D eigenvalue weighted by Crippen LogP contribution is 2.16. The topological polar surface area (TPSA) is 56.1 Å². The minimum absolute atomic E-state index is 0.00222. The lowest BCUT2D eigenvalue weighted by Gasteiger charge is -2.12. The Labute approximate surface area is 111 Å². The third kappa shape index (κ3) is 2.33. The normalized spacial score (nSPS) is 18.9. The summed E-state index contributed by atoms with van der Waals surface area (Å²) in [5.74, 6) is 0.683. The number of nitrogens with zero attached hydrogens (tertiary/aromatic N) is 2. The van der Waals surface area contributed by atoms with Crippen molar-refractivity contribution >= 4 is 10.9 Å². The SMILES string of the molecule is COc1ccc2ncn(CC3CCCN3)c(=O)c2c1. The van der Waals surface area contributed by atoms with Crippen LogP contribution in [0, 0.1) is 0 Å². The van der Waals surface area contributed by atoms with Crippen molar-refractivity contribution in [2.45, 2.75) is 25.4 Å². The number of ether oxygens (including phenoxy) is 1. The first-order valence-electron chi connectivity index (χ1n) is 6.54. The summed E-state index contributed by atoms with van der Waals surface area (Å²) in [6.07, 6.45) is 3.92. The van der Waals surface area contributed by atoms with Crippen LogP contribution in [-0.4, -0.2) is 29.2 Å². The van der Waals surface area contributed by atoms with E-state index in [-0.39, 0.29) is 5.56 Å². The van der Waals surface area contributed by atoms with Gasteiger partial charge in [0, 0.05) is 12.6 Å². The molecule has 5 nitrogen and oxygen atoms in total. The van der Waals surface area contributed by atoms with Crippen LogP contribution in [0.25, 0.3) is 10.9 Å². The van der Waals surface area contributed by atoms with Crippen LogP contribution in [0.3, 0.4) is 0 Å². The average Bonchev–Trinajstić information content (AvgIpc) is 2.95. The summed E-state index contributed by atoms with van der Waals surface area (Å²) >= 11 is 0. The molecule has 1 aromatic heterocycles. The minimum atomic E-state index is -0.00222. The summed E-state index contributed by atoms with van der Waals surface area (Å²) in [4.78, 5) is 16.8. The van der Waals surface area contributed by atoms with Gasteiger partial charge in [-0.2, -0.15) is 0 Å². The average molecular weight is 259 g/mol. The van der Waals surface area contributed by atoms with E-state index in [0.717, 1.165) is 13.0 Å². The molecule has 0 amide bonds. The lowest BCUT2D eigenvalue weighted by atomic mass is 10.2. The van der Waals surface area contributed by atoms with Gasteiger partial charge in [-0.25, -0.2) is 4.98 Å². The van der Waals surface area contributed by atoms with E-state index in [1.807, 2.05) is 12.1 Å². The molecule has 0 aliphatic carbocycles. The molecule has 1 fully saturated rings. The van der Waals surface area contributed by atoms with E-state index in [4.69, 9.17) is 4.74 Å². The molecule has 0 radical (unpaired) electrons. The van der Waals surface area contributed by atoms with E-state index < -0.39 is 0 Å². The Balaban J connectivity index is 2.01. The van der Waals surface area contributed by atoms with E-state index in [1.54, 1.807) is 24.1 Å². The molecule has 1 unspecified atom stereocenters. The van der Waals surface area contributed by atoms with Gasteiger partial charge in [0.05, 0.1) is 24.3 Å². The summed E-state index contributed by atoms with van der Waals surface area (Å²) < 4.78 is 6.85. The molecule has 1 atom stereocenters. The third-order valence-corrected chi connectivity index (χ3v) is 3.61. The van der Waals surface area contributed by atoms with Gasteiger partial charge in [0.15, 0.2) is 0 Å². The lowest BCUT2D eigenvalue weighted by molar-refractivity contribution is 0.415. The van der Waals surface area contributed by atoms with Gasteiger partial charge in [0.2, 0.25) is 0 Å². The Hall–Kier alpha value is -1.88. The maximum Gasteiger partial charge on any atom is 0.261 e. The summed E-state index contributed by atoms with van der Waals surface area (Å²) in [7, 11) is 1.60. The minimum Gasteiger partial charge on any atom is -0.497 e. The zero-order valence-electron chi connectivity index (χ0n) is 10.9. The van der Waals surface area contributed by atoms with Crippen molar-refractivity contribution in [3.8, 4) is 5.75 Å². The van der Waals surface area contributed by atoms with Crippen LogP contribution in [0.15, 0.2) is 29.3 Å². The van der Waals surface area contributed by atoms with Crippen LogP contribution >= 0.6 is 0 Å². The first-order valence-corrected chi connectivity index (χ1v) is 6.54. The molecular formula is C14H17N3O2. The number of aromatic nitrogens is 2. The Bertz CT molecular complexity index is 645. The molecule has 1 aliphatic rings. The van der Waals surface area contributed by atoms with E-state index in [2.05, 4.69) is 10.3 Å². The number of methoxy groups -OCH3 is 1. The maximum absolute atomic E-state index is 12.4. The van der Waals surface area contributed by atoms with Gasteiger partial charge in [-0.15, -0.1) is 0 Å². The third-order valence-electron chi connectivity index (χ3n) is 3.61. The molecule has 3 rings (SSSR count). The number of fused-ring (bicyclic) bond motifs is 1. The molecule has 100 valence electrons. The zero-order valence-corrected chi connectivity index (χ0v) is 10.9. The molecule has 1 N–H and O–H groups in total. The van der Waals surface area contributed by atoms with Gasteiger partial charge in [0.25, 0.3) is 5.56 Å². The molecule has 0 saturated carbocycles. The van der Waals surface area contributed by atoms with E-state index in [1.165, 1.54) is 6.42 Å². The van der Waals surface area contributed by atoms with Crippen LogP contribution in [0.1, 0.15) is 12.8 Å². The summed E-state index contributed by atoms with van der Waals surface area (Å²) in [6, 6.07) is 5.76. The molecule has 1 saturated heterocycles. The molecule has 5 heteroatoms. The van der Waals surface area contributed by atoms with Crippen molar-refractivity contribution in [3.63, 3.8) is 0 Å². The Kier molecular flexibility index (Phi) is 3.21. The Morgan fingerprint density at radius 3 is 3.16 bits per heavy atom. The lowest BCUT2D eigenvalue weighted by Crippen LogP contribution is -2.32. The zero-order chi connectivity index (χ0) is 13.2. The van der Waals surface area contributed by atoms with Crippen LogP contribution in [0.2, 0.25) is 0 Å². The van der Waals surface area contributed by atoms with Crippen molar-refractivity contribution < 1.29 is 4.74 Å². The maximum atomic E-state index is 12.4. The van der Waals surface area contributed by atoms with E-state index in [0.29, 0.717) is 29.2 Å². The van der Waals surface area contributed by atoms with Crippen LogP contribution in [0.5, 0.6) is 5.75 Å². The second kappa shape index (κ2) is 5.01. The van der Waals surface area contributed by atoms with Crippen molar-refractivity contribution in [1.29, 1.82) is 0 Å². The van der Waals surface area contributed by atoms with Crippen molar-refractivity contribution in [1.82, 2.24) is 14.9 Å². The van der Waals surface area contributed by atoms with Gasteiger partial charge in [-0.1, -0.05) is 0 Å². The molecule has 0 spiro atoms. The summed E-state index contributed by atoms with van der Waals surface area (Å²) in [5, 5.41) is 4.00. The molecule has 2 heterocycles.